The van der Waals surface area contributed by atoms with Crippen LogP contribution in [0.2, 0.25) is 0 Å². The maximum atomic E-state index is 8.87. The van der Waals surface area contributed by atoms with E-state index >= 15 is 0 Å². The lowest BCUT2D eigenvalue weighted by Gasteiger charge is -2.05. The van der Waals surface area contributed by atoms with Crippen LogP contribution in [0.4, 0.5) is 0 Å². The van der Waals surface area contributed by atoms with Crippen molar-refractivity contribution in [3.05, 3.63) is 36.4 Å². The van der Waals surface area contributed by atoms with Gasteiger partial charge in [0.1, 0.15) is 11.5 Å². The lowest BCUT2D eigenvalue weighted by Crippen LogP contribution is -1.96. The van der Waals surface area contributed by atoms with E-state index in [2.05, 4.69) is 10.6 Å². The van der Waals surface area contributed by atoms with Crippen LogP contribution < -0.4 is 9.47 Å². The van der Waals surface area contributed by atoms with Gasteiger partial charge in [-0.2, -0.15) is 5.26 Å². The molecular weight excluding hydrogens is 264 g/mol. The normalized spacial score (nSPS) is 10.7. The molecule has 0 bridgehead atoms. The Bertz CT molecular complexity index is 782. The first kappa shape index (κ1) is 13.3. The van der Waals surface area contributed by atoms with Crippen LogP contribution in [0.3, 0.4) is 0 Å². The molecule has 4 nitrogen and oxygen atoms in total. The second-order valence-electron chi connectivity index (χ2n) is 4.83. The molecule has 0 aliphatic rings. The number of nitriles is 1. The van der Waals surface area contributed by atoms with Crippen LogP contribution in [0.1, 0.15) is 6.42 Å². The molecule has 0 spiro atoms. The van der Waals surface area contributed by atoms with Crippen LogP contribution >= 0.6 is 0 Å². The highest BCUT2D eigenvalue weighted by Crippen LogP contribution is 2.34. The van der Waals surface area contributed by atoms with Gasteiger partial charge in [-0.1, -0.05) is 0 Å². The third kappa shape index (κ3) is 2.17. The van der Waals surface area contributed by atoms with Gasteiger partial charge >= 0.3 is 0 Å². The number of aryl methyl sites for hydroxylation is 1. The minimum atomic E-state index is 0.483. The molecule has 2 aromatic carbocycles. The van der Waals surface area contributed by atoms with Crippen molar-refractivity contribution in [1.29, 1.82) is 5.26 Å². The van der Waals surface area contributed by atoms with Gasteiger partial charge in [0.25, 0.3) is 0 Å². The first-order valence-electron chi connectivity index (χ1n) is 6.79. The van der Waals surface area contributed by atoms with Crippen molar-refractivity contribution in [3.63, 3.8) is 0 Å². The number of rotatable bonds is 4. The van der Waals surface area contributed by atoms with E-state index in [1.54, 1.807) is 14.2 Å². The average molecular weight is 280 g/mol. The highest BCUT2D eigenvalue weighted by molar-refractivity contribution is 6.09. The van der Waals surface area contributed by atoms with Crippen LogP contribution in [0, 0.1) is 11.3 Å². The number of nitrogens with zero attached hydrogens (tertiary/aromatic N) is 2. The number of benzene rings is 2. The second kappa shape index (κ2) is 5.37. The lowest BCUT2D eigenvalue weighted by atomic mass is 10.1. The molecular formula is C17H16N2O2. The highest BCUT2D eigenvalue weighted by Gasteiger charge is 2.12. The molecule has 0 unspecified atom stereocenters. The molecule has 0 N–H and O–H groups in total. The Balaban J connectivity index is 2.34. The van der Waals surface area contributed by atoms with Crippen molar-refractivity contribution >= 4 is 21.8 Å². The van der Waals surface area contributed by atoms with E-state index in [0.717, 1.165) is 33.3 Å². The summed E-state index contributed by atoms with van der Waals surface area (Å²) >= 11 is 0. The first-order chi connectivity index (χ1) is 10.3. The van der Waals surface area contributed by atoms with Gasteiger partial charge in [-0.3, -0.25) is 0 Å². The van der Waals surface area contributed by atoms with Crippen LogP contribution in [-0.4, -0.2) is 18.8 Å². The van der Waals surface area contributed by atoms with Crippen LogP contribution in [0.25, 0.3) is 21.8 Å². The van der Waals surface area contributed by atoms with Gasteiger partial charge in [-0.25, -0.2) is 0 Å². The fourth-order valence-corrected chi connectivity index (χ4v) is 2.72. The Kier molecular flexibility index (Phi) is 3.41. The molecule has 0 amide bonds. The molecule has 0 saturated carbocycles. The van der Waals surface area contributed by atoms with Crippen molar-refractivity contribution < 1.29 is 9.47 Å². The summed E-state index contributed by atoms with van der Waals surface area (Å²) in [5.41, 5.74) is 2.21. The highest BCUT2D eigenvalue weighted by atomic mass is 16.5. The minimum Gasteiger partial charge on any atom is -0.497 e. The topological polar surface area (TPSA) is 47.2 Å². The Hall–Kier alpha value is -2.67. The zero-order chi connectivity index (χ0) is 14.8. The molecule has 3 rings (SSSR count). The predicted molar refractivity (Wildman–Crippen MR) is 82.8 cm³/mol. The molecule has 1 aromatic heterocycles. The van der Waals surface area contributed by atoms with E-state index in [4.69, 9.17) is 14.7 Å². The van der Waals surface area contributed by atoms with Crippen molar-refractivity contribution in [2.24, 2.45) is 0 Å². The van der Waals surface area contributed by atoms with E-state index < -0.39 is 0 Å². The fourth-order valence-electron chi connectivity index (χ4n) is 2.72. The van der Waals surface area contributed by atoms with Gasteiger partial charge in [-0.15, -0.1) is 0 Å². The van der Waals surface area contributed by atoms with E-state index in [-0.39, 0.29) is 0 Å². The zero-order valence-electron chi connectivity index (χ0n) is 12.1. The van der Waals surface area contributed by atoms with E-state index in [0.29, 0.717) is 13.0 Å². The molecule has 4 heteroatoms. The minimum absolute atomic E-state index is 0.483. The van der Waals surface area contributed by atoms with E-state index in [1.165, 1.54) is 0 Å². The smallest absolute Gasteiger partial charge is 0.119 e. The monoisotopic (exact) mass is 280 g/mol. The largest absolute Gasteiger partial charge is 0.497 e. The maximum Gasteiger partial charge on any atom is 0.119 e. The SMILES string of the molecule is COc1ccc2c(c1)c1cc(OC)ccc1n2CCC#N. The first-order valence-corrected chi connectivity index (χ1v) is 6.79. The van der Waals surface area contributed by atoms with Crippen molar-refractivity contribution in [3.8, 4) is 17.6 Å². The van der Waals surface area contributed by atoms with E-state index in [9.17, 15) is 0 Å². The van der Waals surface area contributed by atoms with Crippen LogP contribution in [0.5, 0.6) is 11.5 Å². The summed E-state index contributed by atoms with van der Waals surface area (Å²) in [6, 6.07) is 14.2. The van der Waals surface area contributed by atoms with Gasteiger partial charge in [0.05, 0.1) is 26.7 Å². The summed E-state index contributed by atoms with van der Waals surface area (Å²) in [7, 11) is 3.33. The molecule has 0 atom stereocenters. The van der Waals surface area contributed by atoms with Gasteiger partial charge < -0.3 is 14.0 Å². The molecule has 3 aromatic rings. The zero-order valence-corrected chi connectivity index (χ0v) is 12.1. The Morgan fingerprint density at radius 3 is 1.90 bits per heavy atom. The number of aromatic nitrogens is 1. The summed E-state index contributed by atoms with van der Waals surface area (Å²) in [5, 5.41) is 11.1. The summed E-state index contributed by atoms with van der Waals surface area (Å²) in [6.07, 6.45) is 0.483. The molecule has 0 aliphatic heterocycles. The molecule has 1 heterocycles. The molecule has 0 saturated heterocycles. The number of fused-ring (bicyclic) bond motifs is 3. The third-order valence-corrected chi connectivity index (χ3v) is 3.73. The summed E-state index contributed by atoms with van der Waals surface area (Å²) in [6.45, 7) is 0.676. The van der Waals surface area contributed by atoms with Crippen LogP contribution in [0.15, 0.2) is 36.4 Å². The number of hydrogen-bond acceptors (Lipinski definition) is 3. The predicted octanol–water partition coefficient (Wildman–Crippen LogP) is 3.73. The van der Waals surface area contributed by atoms with Crippen LogP contribution in [-0.2, 0) is 6.54 Å². The molecule has 21 heavy (non-hydrogen) atoms. The number of methoxy groups -OCH3 is 2. The maximum absolute atomic E-state index is 8.87. The molecule has 106 valence electrons. The third-order valence-electron chi connectivity index (χ3n) is 3.73. The van der Waals surface area contributed by atoms with Crippen molar-refractivity contribution in [1.82, 2.24) is 4.57 Å². The van der Waals surface area contributed by atoms with E-state index in [1.807, 2.05) is 36.4 Å². The van der Waals surface area contributed by atoms with Gasteiger partial charge in [0.2, 0.25) is 0 Å². The lowest BCUT2D eigenvalue weighted by molar-refractivity contribution is 0.415. The number of ether oxygens (including phenoxy) is 2. The average Bonchev–Trinajstić information content (AvgIpc) is 2.85. The Labute approximate surface area is 123 Å². The molecule has 0 aliphatic carbocycles. The quantitative estimate of drug-likeness (QED) is 0.731. The molecule has 0 radical (unpaired) electrons. The van der Waals surface area contributed by atoms with Gasteiger partial charge in [-0.05, 0) is 36.4 Å². The van der Waals surface area contributed by atoms with Crippen molar-refractivity contribution in [2.75, 3.05) is 14.2 Å². The fraction of sp³-hybridized carbons (Fsp3) is 0.235. The van der Waals surface area contributed by atoms with Crippen molar-refractivity contribution in [2.45, 2.75) is 13.0 Å². The van der Waals surface area contributed by atoms with Gasteiger partial charge in [0, 0.05) is 28.4 Å². The number of hydrogen-bond donors (Lipinski definition) is 0. The Morgan fingerprint density at radius 2 is 1.48 bits per heavy atom. The summed E-state index contributed by atoms with van der Waals surface area (Å²) < 4.78 is 12.8. The summed E-state index contributed by atoms with van der Waals surface area (Å²) in [5.74, 6) is 1.65. The standard InChI is InChI=1S/C17H16N2O2/c1-20-12-4-6-16-14(10-12)15-11-13(21-2)5-7-17(15)19(16)9-3-8-18/h4-7,10-11H,3,9H2,1-2H3. The van der Waals surface area contributed by atoms with Gasteiger partial charge in [0.15, 0.2) is 0 Å². The summed E-state index contributed by atoms with van der Waals surface area (Å²) in [4.78, 5) is 0. The second-order valence-corrected chi connectivity index (χ2v) is 4.83. The molecule has 0 fully saturated rings. The Morgan fingerprint density at radius 1 is 0.952 bits per heavy atom.